The molecule has 1 aromatic heterocycles. The van der Waals surface area contributed by atoms with Crippen LogP contribution in [0.1, 0.15) is 16.1 Å². The van der Waals surface area contributed by atoms with Crippen LogP contribution in [0.3, 0.4) is 0 Å². The molecule has 0 aliphatic heterocycles. The van der Waals surface area contributed by atoms with Gasteiger partial charge in [-0.15, -0.1) is 0 Å². The lowest BCUT2D eigenvalue weighted by Gasteiger charge is -2.14. The number of carbonyl (C=O) groups excluding carboxylic acids is 1. The molecule has 11 heteroatoms. The number of carbonyl (C=O) groups is 1. The van der Waals surface area contributed by atoms with Crippen molar-refractivity contribution in [3.05, 3.63) is 82.2 Å². The van der Waals surface area contributed by atoms with Crippen molar-refractivity contribution in [1.29, 1.82) is 0 Å². The van der Waals surface area contributed by atoms with E-state index in [-0.39, 0.29) is 39.7 Å². The summed E-state index contributed by atoms with van der Waals surface area (Å²) in [6.07, 6.45) is -5.04. The first-order valence-electron chi connectivity index (χ1n) is 10.6. The Bertz CT molecular complexity index is 1490. The highest BCUT2D eigenvalue weighted by atomic mass is 19.4. The fourth-order valence-corrected chi connectivity index (χ4v) is 3.47. The zero-order chi connectivity index (χ0) is 26.7. The molecule has 1 heterocycles. The highest BCUT2D eigenvalue weighted by Gasteiger charge is 2.40. The monoisotopic (exact) mass is 516 g/mol. The molecular formula is C26H19F3O8. The van der Waals surface area contributed by atoms with Crippen LogP contribution in [0.15, 0.2) is 69.9 Å². The molecule has 0 saturated carbocycles. The lowest BCUT2D eigenvalue weighted by molar-refractivity contribution is -0.154. The zero-order valence-corrected chi connectivity index (χ0v) is 19.7. The van der Waals surface area contributed by atoms with Crippen LogP contribution in [-0.4, -0.2) is 27.3 Å². The van der Waals surface area contributed by atoms with Crippen LogP contribution >= 0.6 is 0 Å². The van der Waals surface area contributed by atoms with Crippen LogP contribution in [-0.2, 0) is 6.18 Å². The number of ether oxygens (including phenoxy) is 5. The third-order valence-corrected chi connectivity index (χ3v) is 5.15. The molecule has 0 fully saturated rings. The van der Waals surface area contributed by atoms with Crippen LogP contribution < -0.4 is 29.1 Å². The summed E-state index contributed by atoms with van der Waals surface area (Å²) in [5.74, 6) is -3.01. The van der Waals surface area contributed by atoms with Crippen molar-refractivity contribution in [3.8, 4) is 34.5 Å². The summed E-state index contributed by atoms with van der Waals surface area (Å²) < 4.78 is 72.5. The zero-order valence-electron chi connectivity index (χ0n) is 19.7. The molecule has 0 amide bonds. The average Bonchev–Trinajstić information content (AvgIpc) is 2.89. The molecule has 37 heavy (non-hydrogen) atoms. The van der Waals surface area contributed by atoms with Crippen LogP contribution in [0, 0.1) is 0 Å². The molecule has 4 rings (SSSR count). The highest BCUT2D eigenvalue weighted by molar-refractivity contribution is 5.93. The Morgan fingerprint density at radius 3 is 2.03 bits per heavy atom. The summed E-state index contributed by atoms with van der Waals surface area (Å²) in [6, 6.07) is 13.6. The standard InChI is InChI=1S/C26H19F3O8/c1-32-19-11-14(12-20(33-2)22(19)34-3)25(31)36-16-9-10-17-18(13-16)37-24(26(27,28)29)23(21(17)30)35-15-7-5-4-6-8-15/h4-13H,1-3H3. The third-order valence-electron chi connectivity index (χ3n) is 5.15. The number of esters is 1. The minimum absolute atomic E-state index is 0.0126. The van der Waals surface area contributed by atoms with Crippen LogP contribution in [0.4, 0.5) is 13.2 Å². The van der Waals surface area contributed by atoms with E-state index in [1.807, 2.05) is 0 Å². The maximum Gasteiger partial charge on any atom is 0.453 e. The fraction of sp³-hybridized carbons (Fsp3) is 0.154. The van der Waals surface area contributed by atoms with Gasteiger partial charge in [0, 0.05) is 6.07 Å². The number of halogens is 3. The van der Waals surface area contributed by atoms with Crippen molar-refractivity contribution in [2.75, 3.05) is 21.3 Å². The van der Waals surface area contributed by atoms with Gasteiger partial charge in [0.1, 0.15) is 17.1 Å². The predicted molar refractivity (Wildman–Crippen MR) is 125 cm³/mol. The molecule has 3 aromatic carbocycles. The van der Waals surface area contributed by atoms with Crippen molar-refractivity contribution in [1.82, 2.24) is 0 Å². The molecule has 192 valence electrons. The molecule has 0 aliphatic rings. The summed E-state index contributed by atoms with van der Waals surface area (Å²) in [7, 11) is 4.13. The van der Waals surface area contributed by atoms with Crippen molar-refractivity contribution in [2.45, 2.75) is 6.18 Å². The Balaban J connectivity index is 1.73. The largest absolute Gasteiger partial charge is 0.493 e. The summed E-state index contributed by atoms with van der Waals surface area (Å²) in [5.41, 5.74) is -1.48. The molecule has 0 radical (unpaired) electrons. The Labute approximate surface area is 207 Å². The molecule has 8 nitrogen and oxygen atoms in total. The van der Waals surface area contributed by atoms with Gasteiger partial charge in [-0.2, -0.15) is 13.2 Å². The number of alkyl halides is 3. The second-order valence-electron chi connectivity index (χ2n) is 7.46. The van der Waals surface area contributed by atoms with Gasteiger partial charge in [-0.3, -0.25) is 4.79 Å². The predicted octanol–water partition coefficient (Wildman–Crippen LogP) is 5.85. The number of para-hydroxylation sites is 1. The first-order valence-corrected chi connectivity index (χ1v) is 10.6. The number of benzene rings is 3. The Morgan fingerprint density at radius 1 is 0.811 bits per heavy atom. The van der Waals surface area contributed by atoms with Gasteiger partial charge in [-0.25, -0.2) is 4.79 Å². The Morgan fingerprint density at radius 2 is 1.46 bits per heavy atom. The van der Waals surface area contributed by atoms with E-state index in [1.54, 1.807) is 18.2 Å². The maximum atomic E-state index is 13.8. The second kappa shape index (κ2) is 10.1. The van der Waals surface area contributed by atoms with Crippen LogP contribution in [0.2, 0.25) is 0 Å². The number of rotatable bonds is 7. The quantitative estimate of drug-likeness (QED) is 0.223. The maximum absolute atomic E-state index is 13.8. The summed E-state index contributed by atoms with van der Waals surface area (Å²) in [6.45, 7) is 0. The van der Waals surface area contributed by atoms with Gasteiger partial charge >= 0.3 is 12.1 Å². The van der Waals surface area contributed by atoms with Crippen molar-refractivity contribution in [3.63, 3.8) is 0 Å². The molecule has 0 aliphatic carbocycles. The highest BCUT2D eigenvalue weighted by Crippen LogP contribution is 2.40. The van der Waals surface area contributed by atoms with Crippen molar-refractivity contribution >= 4 is 16.9 Å². The number of methoxy groups -OCH3 is 3. The molecule has 0 spiro atoms. The van der Waals surface area contributed by atoms with E-state index in [0.717, 1.165) is 6.07 Å². The molecule has 4 aromatic rings. The molecule has 0 saturated heterocycles. The molecule has 0 N–H and O–H groups in total. The van der Waals surface area contributed by atoms with E-state index in [2.05, 4.69) is 0 Å². The van der Waals surface area contributed by atoms with E-state index in [0.29, 0.717) is 0 Å². The number of fused-ring (bicyclic) bond motifs is 1. The first kappa shape index (κ1) is 25.4. The van der Waals surface area contributed by atoms with E-state index < -0.39 is 34.7 Å². The molecule has 0 atom stereocenters. The van der Waals surface area contributed by atoms with E-state index in [1.165, 1.54) is 57.7 Å². The van der Waals surface area contributed by atoms with Gasteiger partial charge in [-0.1, -0.05) is 18.2 Å². The normalized spacial score (nSPS) is 11.2. The van der Waals surface area contributed by atoms with E-state index in [4.69, 9.17) is 28.1 Å². The Kier molecular flexibility index (Phi) is 6.96. The SMILES string of the molecule is COc1cc(C(=O)Oc2ccc3c(=O)c(Oc4ccccc4)c(C(F)(F)F)oc3c2)cc(OC)c1OC. The minimum atomic E-state index is -5.04. The molecule has 0 bridgehead atoms. The lowest BCUT2D eigenvalue weighted by Crippen LogP contribution is -2.15. The number of hydrogen-bond acceptors (Lipinski definition) is 8. The van der Waals surface area contributed by atoms with Gasteiger partial charge in [-0.05, 0) is 36.4 Å². The van der Waals surface area contributed by atoms with E-state index in [9.17, 15) is 22.8 Å². The second-order valence-corrected chi connectivity index (χ2v) is 7.46. The van der Waals surface area contributed by atoms with Gasteiger partial charge in [0.25, 0.3) is 5.76 Å². The summed E-state index contributed by atoms with van der Waals surface area (Å²) in [4.78, 5) is 25.7. The van der Waals surface area contributed by atoms with E-state index >= 15 is 0 Å². The fourth-order valence-electron chi connectivity index (χ4n) is 3.47. The van der Waals surface area contributed by atoms with Crippen LogP contribution in [0.5, 0.6) is 34.5 Å². The van der Waals surface area contributed by atoms with Gasteiger partial charge in [0.2, 0.25) is 16.9 Å². The van der Waals surface area contributed by atoms with Gasteiger partial charge < -0.3 is 28.1 Å². The lowest BCUT2D eigenvalue weighted by atomic mass is 10.1. The van der Waals surface area contributed by atoms with Gasteiger partial charge in [0.05, 0.1) is 32.3 Å². The molecular weight excluding hydrogens is 497 g/mol. The molecule has 0 unspecified atom stereocenters. The first-order chi connectivity index (χ1) is 17.7. The smallest absolute Gasteiger partial charge is 0.453 e. The third kappa shape index (κ3) is 5.15. The van der Waals surface area contributed by atoms with Gasteiger partial charge in [0.15, 0.2) is 11.5 Å². The summed E-state index contributed by atoms with van der Waals surface area (Å²) in [5, 5.41) is -0.202. The minimum Gasteiger partial charge on any atom is -0.493 e. The number of hydrogen-bond donors (Lipinski definition) is 0. The Hall–Kier alpha value is -4.67. The van der Waals surface area contributed by atoms with Crippen molar-refractivity contribution in [2.24, 2.45) is 0 Å². The topological polar surface area (TPSA) is 93.4 Å². The average molecular weight is 516 g/mol. The summed E-state index contributed by atoms with van der Waals surface area (Å²) >= 11 is 0. The van der Waals surface area contributed by atoms with Crippen molar-refractivity contribution < 1.29 is 46.1 Å². The van der Waals surface area contributed by atoms with Crippen LogP contribution in [0.25, 0.3) is 11.0 Å².